The van der Waals surface area contributed by atoms with Crippen molar-refractivity contribution in [2.45, 2.75) is 26.7 Å². The van der Waals surface area contributed by atoms with Gasteiger partial charge in [-0.3, -0.25) is 4.79 Å². The molecule has 0 radical (unpaired) electrons. The van der Waals surface area contributed by atoms with E-state index in [9.17, 15) is 4.79 Å². The summed E-state index contributed by atoms with van der Waals surface area (Å²) >= 11 is 0. The number of carbonyl (C=O) groups is 1. The van der Waals surface area contributed by atoms with Gasteiger partial charge in [0.05, 0.1) is 0 Å². The van der Waals surface area contributed by atoms with E-state index in [2.05, 4.69) is 24.5 Å². The molecule has 0 aromatic heterocycles. The molecule has 0 bridgehead atoms. The van der Waals surface area contributed by atoms with Gasteiger partial charge in [-0.15, -0.1) is 0 Å². The lowest BCUT2D eigenvalue weighted by molar-refractivity contribution is -0.125. The van der Waals surface area contributed by atoms with Crippen LogP contribution in [0.2, 0.25) is 0 Å². The molecule has 0 aliphatic carbocycles. The van der Waals surface area contributed by atoms with Gasteiger partial charge >= 0.3 is 0 Å². The Morgan fingerprint density at radius 1 is 1.44 bits per heavy atom. The SMILES string of the molecule is COCC(=O)NCC(C)(C)C1CCNCC1. The standard InChI is InChI=1S/C12H24N2O2/c1-12(2,9-14-11(15)8-16-3)10-4-6-13-7-5-10/h10,13H,4-9H2,1-3H3,(H,14,15). The van der Waals surface area contributed by atoms with E-state index in [0.717, 1.165) is 19.6 Å². The molecule has 1 saturated heterocycles. The fraction of sp³-hybridized carbons (Fsp3) is 0.917. The molecule has 0 saturated carbocycles. The van der Waals surface area contributed by atoms with Gasteiger partial charge < -0.3 is 15.4 Å². The number of rotatable bonds is 5. The van der Waals surface area contributed by atoms with Gasteiger partial charge in [0.1, 0.15) is 6.61 Å². The maximum Gasteiger partial charge on any atom is 0.246 e. The van der Waals surface area contributed by atoms with Gasteiger partial charge in [-0.2, -0.15) is 0 Å². The molecule has 1 rings (SSSR count). The molecule has 1 aliphatic rings. The van der Waals surface area contributed by atoms with E-state index < -0.39 is 0 Å². The minimum atomic E-state index is -0.0236. The lowest BCUT2D eigenvalue weighted by atomic mass is 9.74. The summed E-state index contributed by atoms with van der Waals surface area (Å²) in [7, 11) is 1.54. The Kier molecular flexibility index (Phi) is 5.22. The van der Waals surface area contributed by atoms with Gasteiger partial charge in [-0.25, -0.2) is 0 Å². The van der Waals surface area contributed by atoms with E-state index in [-0.39, 0.29) is 17.9 Å². The Morgan fingerprint density at radius 2 is 2.06 bits per heavy atom. The molecule has 0 spiro atoms. The van der Waals surface area contributed by atoms with Crippen LogP contribution in [0.3, 0.4) is 0 Å². The predicted molar refractivity (Wildman–Crippen MR) is 64.3 cm³/mol. The number of hydrogen-bond donors (Lipinski definition) is 2. The average Bonchev–Trinajstić information content (AvgIpc) is 2.28. The van der Waals surface area contributed by atoms with Crippen LogP contribution < -0.4 is 10.6 Å². The molecule has 4 nitrogen and oxygen atoms in total. The molecule has 0 aromatic carbocycles. The lowest BCUT2D eigenvalue weighted by Crippen LogP contribution is -2.43. The number of hydrogen-bond acceptors (Lipinski definition) is 3. The first-order valence-corrected chi connectivity index (χ1v) is 6.02. The molecule has 1 fully saturated rings. The molecule has 4 heteroatoms. The highest BCUT2D eigenvalue weighted by molar-refractivity contribution is 5.77. The summed E-state index contributed by atoms with van der Waals surface area (Å²) in [6.07, 6.45) is 2.40. The van der Waals surface area contributed by atoms with Crippen LogP contribution in [0.25, 0.3) is 0 Å². The molecule has 1 amide bonds. The second kappa shape index (κ2) is 6.21. The lowest BCUT2D eigenvalue weighted by Gasteiger charge is -2.37. The summed E-state index contributed by atoms with van der Waals surface area (Å²) in [5, 5.41) is 6.30. The molecule has 94 valence electrons. The quantitative estimate of drug-likeness (QED) is 0.731. The highest BCUT2D eigenvalue weighted by Gasteiger charge is 2.30. The van der Waals surface area contributed by atoms with E-state index in [0.29, 0.717) is 5.92 Å². The van der Waals surface area contributed by atoms with E-state index in [1.807, 2.05) is 0 Å². The summed E-state index contributed by atoms with van der Waals surface area (Å²) in [5.74, 6) is 0.668. The van der Waals surface area contributed by atoms with Crippen molar-refractivity contribution in [1.82, 2.24) is 10.6 Å². The third-order valence-corrected chi connectivity index (χ3v) is 3.46. The fourth-order valence-electron chi connectivity index (χ4n) is 2.26. The van der Waals surface area contributed by atoms with Crippen molar-refractivity contribution in [2.24, 2.45) is 11.3 Å². The Morgan fingerprint density at radius 3 is 2.62 bits per heavy atom. The summed E-state index contributed by atoms with van der Waals surface area (Å²) in [6.45, 7) is 7.55. The van der Waals surface area contributed by atoms with E-state index in [4.69, 9.17) is 4.74 Å². The summed E-state index contributed by atoms with van der Waals surface area (Å²) < 4.78 is 4.79. The maximum absolute atomic E-state index is 11.3. The van der Waals surface area contributed by atoms with Gasteiger partial charge in [-0.05, 0) is 37.3 Å². The summed E-state index contributed by atoms with van der Waals surface area (Å²) in [4.78, 5) is 11.3. The topological polar surface area (TPSA) is 50.4 Å². The Labute approximate surface area is 98.1 Å². The van der Waals surface area contributed by atoms with Gasteiger partial charge in [0, 0.05) is 13.7 Å². The van der Waals surface area contributed by atoms with Gasteiger partial charge in [0.2, 0.25) is 5.91 Å². The number of methoxy groups -OCH3 is 1. The first-order valence-electron chi connectivity index (χ1n) is 6.02. The van der Waals surface area contributed by atoms with E-state index in [1.165, 1.54) is 20.0 Å². The second-order valence-electron chi connectivity index (χ2n) is 5.22. The van der Waals surface area contributed by atoms with Crippen LogP contribution in [-0.4, -0.2) is 39.3 Å². The number of piperidine rings is 1. The van der Waals surface area contributed by atoms with Crippen molar-refractivity contribution in [3.63, 3.8) is 0 Å². The zero-order valence-corrected chi connectivity index (χ0v) is 10.6. The van der Waals surface area contributed by atoms with Crippen LogP contribution in [0.5, 0.6) is 0 Å². The van der Waals surface area contributed by atoms with Crippen LogP contribution in [0, 0.1) is 11.3 Å². The molecule has 0 unspecified atom stereocenters. The summed E-state index contributed by atoms with van der Waals surface area (Å²) in [5.41, 5.74) is 0.172. The molecule has 0 atom stereocenters. The number of ether oxygens (including phenoxy) is 1. The van der Waals surface area contributed by atoms with Crippen molar-refractivity contribution in [3.05, 3.63) is 0 Å². The minimum absolute atomic E-state index is 0.0236. The third kappa shape index (κ3) is 4.10. The molecule has 2 N–H and O–H groups in total. The highest BCUT2D eigenvalue weighted by Crippen LogP contribution is 2.32. The number of carbonyl (C=O) groups excluding carboxylic acids is 1. The maximum atomic E-state index is 11.3. The van der Waals surface area contributed by atoms with Crippen LogP contribution in [0.4, 0.5) is 0 Å². The molecule has 16 heavy (non-hydrogen) atoms. The average molecular weight is 228 g/mol. The molecule has 1 heterocycles. The van der Waals surface area contributed by atoms with Crippen LogP contribution >= 0.6 is 0 Å². The molecular formula is C12H24N2O2. The molecule has 1 aliphatic heterocycles. The zero-order valence-electron chi connectivity index (χ0n) is 10.6. The highest BCUT2D eigenvalue weighted by atomic mass is 16.5. The Bertz CT molecular complexity index is 223. The molecule has 0 aromatic rings. The minimum Gasteiger partial charge on any atom is -0.375 e. The van der Waals surface area contributed by atoms with Gasteiger partial charge in [0.25, 0.3) is 0 Å². The van der Waals surface area contributed by atoms with Gasteiger partial charge in [-0.1, -0.05) is 13.8 Å². The zero-order chi connectivity index (χ0) is 12.0. The van der Waals surface area contributed by atoms with Crippen molar-refractivity contribution < 1.29 is 9.53 Å². The number of amides is 1. The smallest absolute Gasteiger partial charge is 0.246 e. The van der Waals surface area contributed by atoms with E-state index >= 15 is 0 Å². The van der Waals surface area contributed by atoms with E-state index in [1.54, 1.807) is 0 Å². The Hall–Kier alpha value is -0.610. The van der Waals surface area contributed by atoms with Crippen molar-refractivity contribution in [3.8, 4) is 0 Å². The summed E-state index contributed by atoms with van der Waals surface area (Å²) in [6, 6.07) is 0. The molecular weight excluding hydrogens is 204 g/mol. The van der Waals surface area contributed by atoms with Crippen molar-refractivity contribution in [1.29, 1.82) is 0 Å². The largest absolute Gasteiger partial charge is 0.375 e. The van der Waals surface area contributed by atoms with Crippen molar-refractivity contribution in [2.75, 3.05) is 33.4 Å². The normalized spacial score (nSPS) is 18.4. The predicted octanol–water partition coefficient (Wildman–Crippen LogP) is 0.775. The van der Waals surface area contributed by atoms with Crippen LogP contribution in [0.15, 0.2) is 0 Å². The number of nitrogens with one attached hydrogen (secondary N) is 2. The van der Waals surface area contributed by atoms with Crippen molar-refractivity contribution >= 4 is 5.91 Å². The van der Waals surface area contributed by atoms with Gasteiger partial charge in [0.15, 0.2) is 0 Å². The first-order chi connectivity index (χ1) is 7.56. The third-order valence-electron chi connectivity index (χ3n) is 3.46. The Balaban J connectivity index is 2.34. The van der Waals surface area contributed by atoms with Crippen LogP contribution in [-0.2, 0) is 9.53 Å². The fourth-order valence-corrected chi connectivity index (χ4v) is 2.26. The first kappa shape index (κ1) is 13.5. The monoisotopic (exact) mass is 228 g/mol. The van der Waals surface area contributed by atoms with Crippen LogP contribution in [0.1, 0.15) is 26.7 Å². The second-order valence-corrected chi connectivity index (χ2v) is 5.22.